The summed E-state index contributed by atoms with van der Waals surface area (Å²) in [6.07, 6.45) is 2.48. The Morgan fingerprint density at radius 1 is 0.853 bits per heavy atom. The molecule has 3 aromatic rings. The zero-order valence-corrected chi connectivity index (χ0v) is 19.3. The first-order valence-electron chi connectivity index (χ1n) is 11.0. The number of sulfonamides is 1. The maximum absolute atomic E-state index is 12.9. The standard InChI is InChI=1S/C23H25N5O5S/c29-34(30,20-6-7-21-22(15-20)33-11-1-10-32-21)27-18-4-2-17(3-5-18)25-23-14-19(16-24-26-23)28-8-12-31-13-9-28/h2-7,14-16,27H,1,8-13H2,(H,25,26). The molecule has 0 atom stereocenters. The average molecular weight is 484 g/mol. The molecule has 2 aromatic carbocycles. The van der Waals surface area contributed by atoms with E-state index in [0.717, 1.165) is 30.9 Å². The Balaban J connectivity index is 1.26. The Morgan fingerprint density at radius 2 is 1.59 bits per heavy atom. The van der Waals surface area contributed by atoms with Crippen LogP contribution >= 0.6 is 0 Å². The lowest BCUT2D eigenvalue weighted by Crippen LogP contribution is -2.36. The number of fused-ring (bicyclic) bond motifs is 1. The maximum atomic E-state index is 12.9. The fourth-order valence-electron chi connectivity index (χ4n) is 3.71. The molecule has 0 bridgehead atoms. The number of anilines is 4. The lowest BCUT2D eigenvalue weighted by Gasteiger charge is -2.28. The minimum atomic E-state index is -3.79. The van der Waals surface area contributed by atoms with Crippen LogP contribution in [-0.4, -0.2) is 58.1 Å². The molecule has 34 heavy (non-hydrogen) atoms. The van der Waals surface area contributed by atoms with Gasteiger partial charge >= 0.3 is 0 Å². The van der Waals surface area contributed by atoms with Gasteiger partial charge in [-0.2, -0.15) is 5.10 Å². The molecule has 1 saturated heterocycles. The first-order valence-corrected chi connectivity index (χ1v) is 12.5. The lowest BCUT2D eigenvalue weighted by molar-refractivity contribution is 0.122. The number of nitrogens with one attached hydrogen (secondary N) is 2. The van der Waals surface area contributed by atoms with Crippen LogP contribution in [0.3, 0.4) is 0 Å². The van der Waals surface area contributed by atoms with Crippen LogP contribution in [0.5, 0.6) is 11.5 Å². The lowest BCUT2D eigenvalue weighted by atomic mass is 10.3. The van der Waals surface area contributed by atoms with Crippen molar-refractivity contribution in [3.05, 3.63) is 54.7 Å². The second-order valence-electron chi connectivity index (χ2n) is 7.87. The Hall–Kier alpha value is -3.57. The van der Waals surface area contributed by atoms with Gasteiger partial charge in [0.2, 0.25) is 0 Å². The SMILES string of the molecule is O=S(=O)(Nc1ccc(Nc2cc(N3CCOCC3)cnn2)cc1)c1ccc2c(c1)OCCCO2. The van der Waals surface area contributed by atoms with E-state index in [1.807, 2.05) is 6.07 Å². The van der Waals surface area contributed by atoms with Crippen LogP contribution in [0.15, 0.2) is 59.6 Å². The number of rotatable bonds is 6. The predicted molar refractivity (Wildman–Crippen MR) is 128 cm³/mol. The minimum Gasteiger partial charge on any atom is -0.490 e. The number of ether oxygens (including phenoxy) is 3. The van der Waals surface area contributed by atoms with E-state index < -0.39 is 10.0 Å². The summed E-state index contributed by atoms with van der Waals surface area (Å²) < 4.78 is 44.9. The van der Waals surface area contributed by atoms with Crippen molar-refractivity contribution in [3.8, 4) is 11.5 Å². The molecule has 2 aliphatic heterocycles. The summed E-state index contributed by atoms with van der Waals surface area (Å²) in [5.74, 6) is 1.58. The third-order valence-corrected chi connectivity index (χ3v) is 6.83. The van der Waals surface area contributed by atoms with E-state index in [-0.39, 0.29) is 4.90 Å². The van der Waals surface area contributed by atoms with Gasteiger partial charge in [-0.1, -0.05) is 0 Å². The summed E-state index contributed by atoms with van der Waals surface area (Å²) in [4.78, 5) is 2.30. The summed E-state index contributed by atoms with van der Waals surface area (Å²) in [5, 5.41) is 11.4. The Kier molecular flexibility index (Phi) is 6.37. The van der Waals surface area contributed by atoms with Gasteiger partial charge in [-0.25, -0.2) is 8.42 Å². The smallest absolute Gasteiger partial charge is 0.262 e. The third kappa shape index (κ3) is 5.15. The molecule has 0 aliphatic carbocycles. The minimum absolute atomic E-state index is 0.106. The molecule has 0 spiro atoms. The van der Waals surface area contributed by atoms with Gasteiger partial charge in [-0.05, 0) is 36.4 Å². The van der Waals surface area contributed by atoms with Gasteiger partial charge in [-0.3, -0.25) is 4.72 Å². The Morgan fingerprint density at radius 3 is 2.38 bits per heavy atom. The van der Waals surface area contributed by atoms with Gasteiger partial charge in [0, 0.05) is 43.0 Å². The topological polar surface area (TPSA) is 115 Å². The van der Waals surface area contributed by atoms with Gasteiger partial charge < -0.3 is 24.4 Å². The fraction of sp³-hybridized carbons (Fsp3) is 0.304. The first kappa shape index (κ1) is 22.2. The van der Waals surface area contributed by atoms with E-state index in [1.54, 1.807) is 36.5 Å². The van der Waals surface area contributed by atoms with Crippen LogP contribution in [0.2, 0.25) is 0 Å². The molecule has 2 N–H and O–H groups in total. The monoisotopic (exact) mass is 483 g/mol. The highest BCUT2D eigenvalue weighted by Crippen LogP contribution is 2.32. The summed E-state index contributed by atoms with van der Waals surface area (Å²) in [6, 6.07) is 13.5. The molecule has 178 valence electrons. The highest BCUT2D eigenvalue weighted by molar-refractivity contribution is 7.92. The highest BCUT2D eigenvalue weighted by atomic mass is 32.2. The zero-order valence-electron chi connectivity index (χ0n) is 18.4. The van der Waals surface area contributed by atoms with Gasteiger partial charge in [0.1, 0.15) is 0 Å². The van der Waals surface area contributed by atoms with Crippen molar-refractivity contribution in [2.24, 2.45) is 0 Å². The Labute approximate surface area is 197 Å². The summed E-state index contributed by atoms with van der Waals surface area (Å²) in [7, 11) is -3.79. The molecule has 0 radical (unpaired) electrons. The second kappa shape index (κ2) is 9.74. The number of aromatic nitrogens is 2. The number of nitrogens with zero attached hydrogens (tertiary/aromatic N) is 3. The number of benzene rings is 2. The molecule has 1 aromatic heterocycles. The number of morpholine rings is 1. The maximum Gasteiger partial charge on any atom is 0.262 e. The molecule has 10 nitrogen and oxygen atoms in total. The van der Waals surface area contributed by atoms with E-state index in [4.69, 9.17) is 14.2 Å². The second-order valence-corrected chi connectivity index (χ2v) is 9.55. The molecule has 0 amide bonds. The van der Waals surface area contributed by atoms with E-state index in [0.29, 0.717) is 49.4 Å². The number of hydrogen-bond donors (Lipinski definition) is 2. The van der Waals surface area contributed by atoms with Crippen LogP contribution in [0.25, 0.3) is 0 Å². The predicted octanol–water partition coefficient (Wildman–Crippen LogP) is 3.02. The molecule has 2 aliphatic rings. The van der Waals surface area contributed by atoms with Crippen LogP contribution in [-0.2, 0) is 14.8 Å². The molecule has 0 saturated carbocycles. The van der Waals surface area contributed by atoms with E-state index in [2.05, 4.69) is 25.1 Å². The van der Waals surface area contributed by atoms with Crippen molar-refractivity contribution in [2.75, 3.05) is 54.5 Å². The quantitative estimate of drug-likeness (QED) is 0.546. The van der Waals surface area contributed by atoms with E-state index in [1.165, 1.54) is 12.1 Å². The molecule has 3 heterocycles. The number of hydrogen-bond acceptors (Lipinski definition) is 9. The van der Waals surface area contributed by atoms with E-state index >= 15 is 0 Å². The van der Waals surface area contributed by atoms with Gasteiger partial charge in [0.05, 0.1) is 43.2 Å². The van der Waals surface area contributed by atoms with Crippen LogP contribution in [0, 0.1) is 0 Å². The average Bonchev–Trinajstić information content (AvgIpc) is 3.11. The summed E-state index contributed by atoms with van der Waals surface area (Å²) >= 11 is 0. The summed E-state index contributed by atoms with van der Waals surface area (Å²) in [6.45, 7) is 4.02. The van der Waals surface area contributed by atoms with Crippen LogP contribution in [0.4, 0.5) is 22.9 Å². The Bertz CT molecular complexity index is 1250. The zero-order chi connectivity index (χ0) is 23.4. The fourth-order valence-corrected chi connectivity index (χ4v) is 4.78. The summed E-state index contributed by atoms with van der Waals surface area (Å²) in [5.41, 5.74) is 2.16. The third-order valence-electron chi connectivity index (χ3n) is 5.46. The van der Waals surface area contributed by atoms with Gasteiger partial charge in [-0.15, -0.1) is 5.10 Å². The first-order chi connectivity index (χ1) is 16.6. The van der Waals surface area contributed by atoms with Crippen LogP contribution in [0.1, 0.15) is 6.42 Å². The van der Waals surface area contributed by atoms with Crippen molar-refractivity contribution < 1.29 is 22.6 Å². The molecule has 0 unspecified atom stereocenters. The van der Waals surface area contributed by atoms with Crippen molar-refractivity contribution in [1.29, 1.82) is 0 Å². The van der Waals surface area contributed by atoms with Crippen molar-refractivity contribution in [3.63, 3.8) is 0 Å². The molecular weight excluding hydrogens is 458 g/mol. The van der Waals surface area contributed by atoms with E-state index in [9.17, 15) is 8.42 Å². The van der Waals surface area contributed by atoms with Crippen molar-refractivity contribution >= 4 is 32.9 Å². The van der Waals surface area contributed by atoms with Gasteiger partial charge in [0.25, 0.3) is 10.0 Å². The van der Waals surface area contributed by atoms with Crippen molar-refractivity contribution in [2.45, 2.75) is 11.3 Å². The molecular formula is C23H25N5O5S. The van der Waals surface area contributed by atoms with Crippen LogP contribution < -0.4 is 24.4 Å². The molecule has 1 fully saturated rings. The largest absolute Gasteiger partial charge is 0.490 e. The molecule has 5 rings (SSSR count). The normalized spacial score (nSPS) is 15.9. The van der Waals surface area contributed by atoms with Gasteiger partial charge in [0.15, 0.2) is 17.3 Å². The highest BCUT2D eigenvalue weighted by Gasteiger charge is 2.19. The molecule has 11 heteroatoms. The van der Waals surface area contributed by atoms with Crippen molar-refractivity contribution in [1.82, 2.24) is 10.2 Å².